The van der Waals surface area contributed by atoms with Crippen molar-refractivity contribution < 1.29 is 4.79 Å². The number of carbonyl (C=O) groups excluding carboxylic acids is 1. The number of likely N-dealkylation sites (tertiary alicyclic amines) is 1. The summed E-state index contributed by atoms with van der Waals surface area (Å²) in [5, 5.41) is 3.47. The first-order valence-corrected chi connectivity index (χ1v) is 7.49. The van der Waals surface area contributed by atoms with Crippen LogP contribution in [0.5, 0.6) is 0 Å². The largest absolute Gasteiger partial charge is 0.366 e. The zero-order valence-corrected chi connectivity index (χ0v) is 12.3. The Morgan fingerprint density at radius 2 is 2.10 bits per heavy atom. The summed E-state index contributed by atoms with van der Waals surface area (Å²) in [7, 11) is 0. The van der Waals surface area contributed by atoms with Crippen LogP contribution in [0.15, 0.2) is 18.2 Å². The van der Waals surface area contributed by atoms with Crippen LogP contribution in [0, 0.1) is 6.92 Å². The van der Waals surface area contributed by atoms with Gasteiger partial charge in [-0.3, -0.25) is 4.79 Å². The fraction of sp³-hybridized carbons (Fsp3) is 0.562. The van der Waals surface area contributed by atoms with Crippen molar-refractivity contribution in [3.63, 3.8) is 0 Å². The maximum atomic E-state index is 11.1. The number of amides is 1. The van der Waals surface area contributed by atoms with Crippen molar-refractivity contribution in [3.05, 3.63) is 34.9 Å². The molecule has 1 aromatic carbocycles. The van der Waals surface area contributed by atoms with E-state index in [2.05, 4.69) is 10.2 Å². The Hall–Kier alpha value is -1.39. The third-order valence-corrected chi connectivity index (χ3v) is 3.97. The topological polar surface area (TPSA) is 58.4 Å². The summed E-state index contributed by atoms with van der Waals surface area (Å²) in [6.45, 7) is 7.65. The van der Waals surface area contributed by atoms with Crippen molar-refractivity contribution >= 4 is 5.91 Å². The lowest BCUT2D eigenvalue weighted by molar-refractivity contribution is 0.1000. The highest BCUT2D eigenvalue weighted by Crippen LogP contribution is 2.11. The maximum Gasteiger partial charge on any atom is 0.248 e. The van der Waals surface area contributed by atoms with E-state index in [1.165, 1.54) is 44.5 Å². The molecule has 1 saturated heterocycles. The number of primary amides is 1. The van der Waals surface area contributed by atoms with Crippen LogP contribution in [0.4, 0.5) is 0 Å². The van der Waals surface area contributed by atoms with Gasteiger partial charge in [-0.25, -0.2) is 0 Å². The molecule has 0 spiro atoms. The second-order valence-electron chi connectivity index (χ2n) is 5.58. The highest BCUT2D eigenvalue weighted by Gasteiger charge is 2.10. The molecule has 0 atom stereocenters. The molecule has 1 amide bonds. The Morgan fingerprint density at radius 1 is 1.35 bits per heavy atom. The smallest absolute Gasteiger partial charge is 0.248 e. The molecule has 0 aliphatic carbocycles. The molecular formula is C16H25N3O. The second-order valence-corrected chi connectivity index (χ2v) is 5.58. The summed E-state index contributed by atoms with van der Waals surface area (Å²) in [4.78, 5) is 13.6. The van der Waals surface area contributed by atoms with Crippen molar-refractivity contribution in [2.45, 2.75) is 32.7 Å². The van der Waals surface area contributed by atoms with Gasteiger partial charge in [0.15, 0.2) is 0 Å². The zero-order chi connectivity index (χ0) is 14.4. The molecule has 0 bridgehead atoms. The number of hydrogen-bond acceptors (Lipinski definition) is 3. The molecule has 2 rings (SSSR count). The molecule has 110 valence electrons. The molecule has 4 nitrogen and oxygen atoms in total. The van der Waals surface area contributed by atoms with Crippen LogP contribution >= 0.6 is 0 Å². The number of nitrogens with zero attached hydrogens (tertiary/aromatic N) is 1. The van der Waals surface area contributed by atoms with E-state index >= 15 is 0 Å². The van der Waals surface area contributed by atoms with Gasteiger partial charge in [0.25, 0.3) is 0 Å². The van der Waals surface area contributed by atoms with E-state index in [9.17, 15) is 4.79 Å². The van der Waals surface area contributed by atoms with E-state index in [0.29, 0.717) is 5.56 Å². The van der Waals surface area contributed by atoms with Gasteiger partial charge in [-0.15, -0.1) is 0 Å². The average Bonchev–Trinajstić information content (AvgIpc) is 2.93. The van der Waals surface area contributed by atoms with Crippen LogP contribution in [0.3, 0.4) is 0 Å². The lowest BCUT2D eigenvalue weighted by Crippen LogP contribution is -2.24. The first-order chi connectivity index (χ1) is 9.66. The molecule has 1 fully saturated rings. The van der Waals surface area contributed by atoms with Crippen molar-refractivity contribution in [2.24, 2.45) is 5.73 Å². The van der Waals surface area contributed by atoms with Crippen LogP contribution < -0.4 is 11.1 Å². The second kappa shape index (κ2) is 7.41. The van der Waals surface area contributed by atoms with Gasteiger partial charge in [0.1, 0.15) is 0 Å². The van der Waals surface area contributed by atoms with Gasteiger partial charge in [0.05, 0.1) is 0 Å². The standard InChI is InChI=1S/C16H25N3O/c1-13-11-14(16(17)20)5-6-15(13)12-18-7-4-10-19-8-2-3-9-19/h5-6,11,18H,2-4,7-10,12H2,1H3,(H2,17,20). The van der Waals surface area contributed by atoms with E-state index in [4.69, 9.17) is 5.73 Å². The first kappa shape index (κ1) is 15.0. The summed E-state index contributed by atoms with van der Waals surface area (Å²) in [5.41, 5.74) is 8.21. The van der Waals surface area contributed by atoms with Gasteiger partial charge >= 0.3 is 0 Å². The minimum atomic E-state index is -0.363. The molecule has 4 heteroatoms. The molecule has 0 unspecified atom stereocenters. The fourth-order valence-corrected chi connectivity index (χ4v) is 2.70. The van der Waals surface area contributed by atoms with E-state index < -0.39 is 0 Å². The molecule has 0 radical (unpaired) electrons. The summed E-state index contributed by atoms with van der Waals surface area (Å²) in [5.74, 6) is -0.363. The van der Waals surface area contributed by atoms with Gasteiger partial charge < -0.3 is 16.0 Å². The molecular weight excluding hydrogens is 250 g/mol. The lowest BCUT2D eigenvalue weighted by Gasteiger charge is -2.14. The van der Waals surface area contributed by atoms with Gasteiger partial charge in [-0.2, -0.15) is 0 Å². The Bertz CT molecular complexity index is 453. The Labute approximate surface area is 121 Å². The summed E-state index contributed by atoms with van der Waals surface area (Å²) < 4.78 is 0. The lowest BCUT2D eigenvalue weighted by atomic mass is 10.0. The van der Waals surface area contributed by atoms with E-state index in [-0.39, 0.29) is 5.91 Å². The monoisotopic (exact) mass is 275 g/mol. The van der Waals surface area contributed by atoms with Crippen LogP contribution in [0.2, 0.25) is 0 Å². The molecule has 1 aromatic rings. The van der Waals surface area contributed by atoms with Crippen molar-refractivity contribution in [3.8, 4) is 0 Å². The van der Waals surface area contributed by atoms with Gasteiger partial charge in [-0.05, 0) is 75.6 Å². The fourth-order valence-electron chi connectivity index (χ4n) is 2.70. The predicted octanol–water partition coefficient (Wildman–Crippen LogP) is 1.67. The normalized spacial score (nSPS) is 15.7. The highest BCUT2D eigenvalue weighted by molar-refractivity contribution is 5.93. The van der Waals surface area contributed by atoms with Crippen molar-refractivity contribution in [1.29, 1.82) is 0 Å². The van der Waals surface area contributed by atoms with E-state index in [0.717, 1.165) is 18.7 Å². The maximum absolute atomic E-state index is 11.1. The van der Waals surface area contributed by atoms with Gasteiger partial charge in [0, 0.05) is 12.1 Å². The highest BCUT2D eigenvalue weighted by atomic mass is 16.1. The van der Waals surface area contributed by atoms with Gasteiger partial charge in [0.2, 0.25) is 5.91 Å². The molecule has 0 saturated carbocycles. The molecule has 0 aromatic heterocycles. The minimum Gasteiger partial charge on any atom is -0.366 e. The number of rotatable bonds is 7. The van der Waals surface area contributed by atoms with Crippen LogP contribution in [-0.4, -0.2) is 37.0 Å². The molecule has 1 heterocycles. The number of benzene rings is 1. The van der Waals surface area contributed by atoms with Gasteiger partial charge in [-0.1, -0.05) is 6.07 Å². The molecule has 1 aliphatic rings. The summed E-state index contributed by atoms with van der Waals surface area (Å²) in [6.07, 6.45) is 3.91. The van der Waals surface area contributed by atoms with Crippen LogP contribution in [0.1, 0.15) is 40.7 Å². The average molecular weight is 275 g/mol. The SMILES string of the molecule is Cc1cc(C(N)=O)ccc1CNCCCN1CCCC1. The van der Waals surface area contributed by atoms with Crippen molar-refractivity contribution in [1.82, 2.24) is 10.2 Å². The third kappa shape index (κ3) is 4.32. The molecule has 1 aliphatic heterocycles. The van der Waals surface area contributed by atoms with Crippen LogP contribution in [-0.2, 0) is 6.54 Å². The number of carbonyl (C=O) groups is 1. The number of nitrogens with one attached hydrogen (secondary N) is 1. The Balaban J connectivity index is 1.69. The Kier molecular flexibility index (Phi) is 5.56. The summed E-state index contributed by atoms with van der Waals surface area (Å²) >= 11 is 0. The zero-order valence-electron chi connectivity index (χ0n) is 12.3. The first-order valence-electron chi connectivity index (χ1n) is 7.49. The third-order valence-electron chi connectivity index (χ3n) is 3.97. The van der Waals surface area contributed by atoms with Crippen molar-refractivity contribution in [2.75, 3.05) is 26.2 Å². The number of nitrogens with two attached hydrogens (primary N) is 1. The number of aryl methyl sites for hydroxylation is 1. The van der Waals surface area contributed by atoms with E-state index in [1.54, 1.807) is 6.07 Å². The predicted molar refractivity (Wildman–Crippen MR) is 81.7 cm³/mol. The quantitative estimate of drug-likeness (QED) is 0.744. The number of hydrogen-bond donors (Lipinski definition) is 2. The minimum absolute atomic E-state index is 0.363. The molecule has 3 N–H and O–H groups in total. The summed E-state index contributed by atoms with van der Waals surface area (Å²) in [6, 6.07) is 5.66. The van der Waals surface area contributed by atoms with Crippen LogP contribution in [0.25, 0.3) is 0 Å². The molecule has 20 heavy (non-hydrogen) atoms. The van der Waals surface area contributed by atoms with E-state index in [1.807, 2.05) is 19.1 Å². The Morgan fingerprint density at radius 3 is 2.75 bits per heavy atom.